The molecule has 0 spiro atoms. The minimum absolute atomic E-state index is 0.113. The standard InChI is InChI=1S/C11H22F2N2/c1-8(2)9-5-15(6-10(12)13)11(3,4)7-14-9/h8-10,14H,5-7H2,1-4H3. The van der Waals surface area contributed by atoms with Crippen LogP contribution in [-0.2, 0) is 0 Å². The second-order valence-corrected chi connectivity index (χ2v) is 5.34. The molecule has 1 rings (SSSR count). The first-order valence-electron chi connectivity index (χ1n) is 5.59. The Hall–Kier alpha value is -0.220. The Morgan fingerprint density at radius 3 is 2.47 bits per heavy atom. The molecule has 0 aliphatic carbocycles. The fraction of sp³-hybridized carbons (Fsp3) is 1.00. The summed E-state index contributed by atoms with van der Waals surface area (Å²) < 4.78 is 24.9. The van der Waals surface area contributed by atoms with E-state index in [4.69, 9.17) is 0 Å². The lowest BCUT2D eigenvalue weighted by Gasteiger charge is -2.47. The summed E-state index contributed by atoms with van der Waals surface area (Å²) in [6.07, 6.45) is -2.24. The van der Waals surface area contributed by atoms with Crippen LogP contribution >= 0.6 is 0 Å². The van der Waals surface area contributed by atoms with Gasteiger partial charge in [-0.2, -0.15) is 0 Å². The summed E-state index contributed by atoms with van der Waals surface area (Å²) in [5.41, 5.74) is -0.165. The Labute approximate surface area is 91.0 Å². The molecule has 1 aliphatic heterocycles. The molecule has 0 aromatic rings. The average molecular weight is 220 g/mol. The van der Waals surface area contributed by atoms with E-state index in [0.717, 1.165) is 13.1 Å². The van der Waals surface area contributed by atoms with Crippen molar-refractivity contribution in [1.82, 2.24) is 10.2 Å². The Morgan fingerprint density at radius 1 is 1.40 bits per heavy atom. The predicted octanol–water partition coefficient (Wildman–Crippen LogP) is 1.96. The molecule has 90 valence electrons. The van der Waals surface area contributed by atoms with Crippen molar-refractivity contribution in [3.05, 3.63) is 0 Å². The van der Waals surface area contributed by atoms with Crippen LogP contribution in [0.2, 0.25) is 0 Å². The van der Waals surface area contributed by atoms with E-state index in [1.54, 1.807) is 0 Å². The van der Waals surface area contributed by atoms with Crippen molar-refractivity contribution in [2.45, 2.75) is 45.7 Å². The number of halogens is 2. The molecule has 0 saturated carbocycles. The number of nitrogens with one attached hydrogen (secondary N) is 1. The molecule has 4 heteroatoms. The quantitative estimate of drug-likeness (QED) is 0.782. The van der Waals surface area contributed by atoms with Gasteiger partial charge in [-0.05, 0) is 19.8 Å². The van der Waals surface area contributed by atoms with Crippen LogP contribution in [0.3, 0.4) is 0 Å². The predicted molar refractivity (Wildman–Crippen MR) is 58.3 cm³/mol. The van der Waals surface area contributed by atoms with E-state index >= 15 is 0 Å². The van der Waals surface area contributed by atoms with Gasteiger partial charge in [-0.25, -0.2) is 8.78 Å². The number of rotatable bonds is 3. The third kappa shape index (κ3) is 3.38. The van der Waals surface area contributed by atoms with E-state index in [-0.39, 0.29) is 12.1 Å². The smallest absolute Gasteiger partial charge is 0.251 e. The summed E-state index contributed by atoms with van der Waals surface area (Å²) in [6, 6.07) is 0.330. The number of hydrogen-bond acceptors (Lipinski definition) is 2. The lowest BCUT2D eigenvalue weighted by atomic mass is 9.93. The first kappa shape index (κ1) is 12.8. The maximum Gasteiger partial charge on any atom is 0.251 e. The summed E-state index contributed by atoms with van der Waals surface area (Å²) in [4.78, 5) is 1.90. The van der Waals surface area contributed by atoms with Gasteiger partial charge in [0, 0.05) is 24.7 Å². The number of nitrogens with zero attached hydrogens (tertiary/aromatic N) is 1. The van der Waals surface area contributed by atoms with Crippen molar-refractivity contribution in [3.8, 4) is 0 Å². The SMILES string of the molecule is CC(C)C1CN(CC(F)F)C(C)(C)CN1. The van der Waals surface area contributed by atoms with E-state index in [9.17, 15) is 8.78 Å². The molecule has 15 heavy (non-hydrogen) atoms. The molecular weight excluding hydrogens is 198 g/mol. The van der Waals surface area contributed by atoms with Crippen molar-refractivity contribution in [2.24, 2.45) is 5.92 Å². The van der Waals surface area contributed by atoms with E-state index in [2.05, 4.69) is 19.2 Å². The molecule has 1 aliphatic rings. The van der Waals surface area contributed by atoms with Gasteiger partial charge in [0.2, 0.25) is 0 Å². The molecule has 1 N–H and O–H groups in total. The number of hydrogen-bond donors (Lipinski definition) is 1. The summed E-state index contributed by atoms with van der Waals surface area (Å²) in [5.74, 6) is 0.487. The molecule has 1 saturated heterocycles. The van der Waals surface area contributed by atoms with E-state index in [1.165, 1.54) is 0 Å². The van der Waals surface area contributed by atoms with E-state index in [0.29, 0.717) is 12.0 Å². The molecule has 0 bridgehead atoms. The van der Waals surface area contributed by atoms with Crippen LogP contribution in [0, 0.1) is 5.92 Å². The molecule has 0 aromatic carbocycles. The number of piperazine rings is 1. The lowest BCUT2D eigenvalue weighted by molar-refractivity contribution is 0.00102. The molecule has 0 radical (unpaired) electrons. The lowest BCUT2D eigenvalue weighted by Crippen LogP contribution is -2.63. The maximum atomic E-state index is 12.4. The zero-order valence-corrected chi connectivity index (χ0v) is 10.1. The molecule has 2 nitrogen and oxygen atoms in total. The molecule has 1 atom stereocenters. The topological polar surface area (TPSA) is 15.3 Å². The van der Waals surface area contributed by atoms with Crippen molar-refractivity contribution >= 4 is 0 Å². The van der Waals surface area contributed by atoms with Gasteiger partial charge in [0.05, 0.1) is 6.54 Å². The van der Waals surface area contributed by atoms with E-state index in [1.807, 2.05) is 18.7 Å². The van der Waals surface area contributed by atoms with Gasteiger partial charge in [0.15, 0.2) is 0 Å². The zero-order chi connectivity index (χ0) is 11.6. The fourth-order valence-corrected chi connectivity index (χ4v) is 1.98. The first-order chi connectivity index (χ1) is 6.83. The molecule has 1 heterocycles. The fourth-order valence-electron chi connectivity index (χ4n) is 1.98. The highest BCUT2D eigenvalue weighted by molar-refractivity contribution is 4.93. The molecule has 0 aromatic heterocycles. The van der Waals surface area contributed by atoms with E-state index < -0.39 is 6.43 Å². The van der Waals surface area contributed by atoms with Crippen molar-refractivity contribution in [1.29, 1.82) is 0 Å². The highest BCUT2D eigenvalue weighted by atomic mass is 19.3. The minimum atomic E-state index is -2.24. The van der Waals surface area contributed by atoms with Crippen molar-refractivity contribution < 1.29 is 8.78 Å². The molecule has 1 fully saturated rings. The Kier molecular flexibility index (Phi) is 4.06. The maximum absolute atomic E-state index is 12.4. The Bertz CT molecular complexity index is 205. The largest absolute Gasteiger partial charge is 0.311 e. The zero-order valence-electron chi connectivity index (χ0n) is 10.1. The molecule has 0 amide bonds. The summed E-state index contributed by atoms with van der Waals surface area (Å²) in [5, 5.41) is 3.43. The van der Waals surface area contributed by atoms with Crippen LogP contribution in [0.1, 0.15) is 27.7 Å². The van der Waals surface area contributed by atoms with Gasteiger partial charge in [-0.3, -0.25) is 4.90 Å². The second kappa shape index (κ2) is 4.74. The first-order valence-corrected chi connectivity index (χ1v) is 5.59. The molecule has 1 unspecified atom stereocenters. The van der Waals surface area contributed by atoms with Crippen LogP contribution in [0.15, 0.2) is 0 Å². The van der Waals surface area contributed by atoms with Crippen LogP contribution in [0.5, 0.6) is 0 Å². The average Bonchev–Trinajstić information content (AvgIpc) is 2.07. The Balaban J connectivity index is 2.62. The van der Waals surface area contributed by atoms with Crippen LogP contribution in [0.25, 0.3) is 0 Å². The third-order valence-electron chi connectivity index (χ3n) is 3.23. The van der Waals surface area contributed by atoms with Gasteiger partial charge < -0.3 is 5.32 Å². The second-order valence-electron chi connectivity index (χ2n) is 5.34. The van der Waals surface area contributed by atoms with Crippen molar-refractivity contribution in [3.63, 3.8) is 0 Å². The van der Waals surface area contributed by atoms with Gasteiger partial charge in [0.1, 0.15) is 0 Å². The van der Waals surface area contributed by atoms with Gasteiger partial charge in [-0.1, -0.05) is 13.8 Å². The normalized spacial score (nSPS) is 27.6. The third-order valence-corrected chi connectivity index (χ3v) is 3.23. The number of alkyl halides is 2. The van der Waals surface area contributed by atoms with Crippen LogP contribution in [-0.4, -0.2) is 42.5 Å². The van der Waals surface area contributed by atoms with Gasteiger partial charge in [0.25, 0.3) is 6.43 Å². The van der Waals surface area contributed by atoms with Gasteiger partial charge >= 0.3 is 0 Å². The van der Waals surface area contributed by atoms with Crippen LogP contribution in [0.4, 0.5) is 8.78 Å². The summed E-state index contributed by atoms with van der Waals surface area (Å²) in [7, 11) is 0. The highest BCUT2D eigenvalue weighted by Crippen LogP contribution is 2.22. The van der Waals surface area contributed by atoms with Crippen molar-refractivity contribution in [2.75, 3.05) is 19.6 Å². The summed E-state index contributed by atoms with van der Waals surface area (Å²) >= 11 is 0. The highest BCUT2D eigenvalue weighted by Gasteiger charge is 2.35. The Morgan fingerprint density at radius 2 is 2.00 bits per heavy atom. The van der Waals surface area contributed by atoms with Gasteiger partial charge in [-0.15, -0.1) is 0 Å². The van der Waals surface area contributed by atoms with Crippen LogP contribution < -0.4 is 5.32 Å². The molecular formula is C11H22F2N2. The monoisotopic (exact) mass is 220 g/mol. The summed E-state index contributed by atoms with van der Waals surface area (Å²) in [6.45, 7) is 9.65. The minimum Gasteiger partial charge on any atom is -0.311 e.